The van der Waals surface area contributed by atoms with E-state index in [1.54, 1.807) is 0 Å². The monoisotopic (exact) mass is 283 g/mol. The van der Waals surface area contributed by atoms with Crippen LogP contribution >= 0.6 is 15.9 Å². The third-order valence-corrected chi connectivity index (χ3v) is 3.74. The van der Waals surface area contributed by atoms with Crippen LogP contribution in [0.2, 0.25) is 0 Å². The maximum Gasteiger partial charge on any atom is 0.134 e. The van der Waals surface area contributed by atoms with Crippen LogP contribution in [-0.2, 0) is 6.54 Å². The third-order valence-electron chi connectivity index (χ3n) is 3.10. The topological polar surface area (TPSA) is 32.3 Å². The first-order valence-electron chi connectivity index (χ1n) is 5.86. The average Bonchev–Trinajstić information content (AvgIpc) is 3.04. The van der Waals surface area contributed by atoms with Crippen molar-refractivity contribution in [1.82, 2.24) is 5.32 Å². The van der Waals surface area contributed by atoms with Gasteiger partial charge in [-0.25, -0.2) is 0 Å². The first kappa shape index (κ1) is 11.9. The molecule has 0 aliphatic heterocycles. The molecule has 0 heterocycles. The molecule has 2 rings (SSSR count). The predicted octanol–water partition coefficient (Wildman–Crippen LogP) is 3.43. The number of hydrogen-bond donors (Lipinski definition) is 2. The zero-order valence-electron chi connectivity index (χ0n) is 9.54. The number of nitrogens with one attached hydrogen (secondary N) is 1. The summed E-state index contributed by atoms with van der Waals surface area (Å²) in [6, 6.07) is 6.29. The molecule has 1 unspecified atom stereocenters. The summed E-state index contributed by atoms with van der Waals surface area (Å²) >= 11 is 3.33. The molecule has 0 saturated heterocycles. The largest absolute Gasteiger partial charge is 0.506 e. The van der Waals surface area contributed by atoms with Crippen LogP contribution in [0.25, 0.3) is 0 Å². The van der Waals surface area contributed by atoms with Gasteiger partial charge in [0, 0.05) is 18.2 Å². The zero-order valence-corrected chi connectivity index (χ0v) is 11.1. The molecule has 88 valence electrons. The van der Waals surface area contributed by atoms with Gasteiger partial charge in [0.25, 0.3) is 0 Å². The molecule has 2 nitrogen and oxygen atoms in total. The number of halogens is 1. The molecule has 1 fully saturated rings. The average molecular weight is 284 g/mol. The Labute approximate surface area is 105 Å². The second-order valence-corrected chi connectivity index (χ2v) is 5.56. The fraction of sp³-hybridized carbons (Fsp3) is 0.538. The first-order chi connectivity index (χ1) is 7.66. The Morgan fingerprint density at radius 3 is 2.94 bits per heavy atom. The molecule has 1 aliphatic rings. The minimum absolute atomic E-state index is 0.355. The number of para-hydroxylation sites is 1. The Balaban J connectivity index is 1.85. The molecule has 2 N–H and O–H groups in total. The van der Waals surface area contributed by atoms with E-state index in [2.05, 4.69) is 28.2 Å². The highest BCUT2D eigenvalue weighted by Crippen LogP contribution is 2.33. The van der Waals surface area contributed by atoms with Crippen molar-refractivity contribution >= 4 is 15.9 Å². The van der Waals surface area contributed by atoms with Gasteiger partial charge in [-0.15, -0.1) is 0 Å². The van der Waals surface area contributed by atoms with Crippen LogP contribution in [0, 0.1) is 5.92 Å². The lowest BCUT2D eigenvalue weighted by molar-refractivity contribution is 0.447. The van der Waals surface area contributed by atoms with Crippen LogP contribution in [0.3, 0.4) is 0 Å². The van der Waals surface area contributed by atoms with E-state index in [9.17, 15) is 5.11 Å². The molecule has 0 bridgehead atoms. The molecule has 1 aromatic rings. The minimum atomic E-state index is 0.355. The second-order valence-electron chi connectivity index (χ2n) is 4.71. The third kappa shape index (κ3) is 3.22. The lowest BCUT2D eigenvalue weighted by Gasteiger charge is -2.14. The second kappa shape index (κ2) is 5.19. The highest BCUT2D eigenvalue weighted by molar-refractivity contribution is 9.10. The summed E-state index contributed by atoms with van der Waals surface area (Å²) in [7, 11) is 0. The SMILES string of the molecule is CC(CC1CC1)NCc1cccc(Br)c1O. The van der Waals surface area contributed by atoms with E-state index in [1.807, 2.05) is 18.2 Å². The summed E-state index contributed by atoms with van der Waals surface area (Å²) < 4.78 is 0.765. The summed E-state index contributed by atoms with van der Waals surface area (Å²) in [6.45, 7) is 2.95. The van der Waals surface area contributed by atoms with Crippen LogP contribution in [0.15, 0.2) is 22.7 Å². The van der Waals surface area contributed by atoms with Crippen molar-refractivity contribution in [2.45, 2.75) is 38.8 Å². The van der Waals surface area contributed by atoms with E-state index >= 15 is 0 Å². The Morgan fingerprint density at radius 2 is 2.25 bits per heavy atom. The number of phenolic OH excluding ortho intramolecular Hbond substituents is 1. The molecule has 0 amide bonds. The van der Waals surface area contributed by atoms with Crippen molar-refractivity contribution in [3.05, 3.63) is 28.2 Å². The van der Waals surface area contributed by atoms with Crippen molar-refractivity contribution in [3.63, 3.8) is 0 Å². The molecular formula is C13H18BrNO. The summed E-state index contributed by atoms with van der Waals surface area (Å²) in [6.07, 6.45) is 4.05. The smallest absolute Gasteiger partial charge is 0.134 e. The maximum absolute atomic E-state index is 9.82. The van der Waals surface area contributed by atoms with Gasteiger partial charge in [-0.2, -0.15) is 0 Å². The lowest BCUT2D eigenvalue weighted by Crippen LogP contribution is -2.25. The van der Waals surface area contributed by atoms with Crippen LogP contribution in [0.5, 0.6) is 5.75 Å². The van der Waals surface area contributed by atoms with Crippen molar-refractivity contribution in [2.75, 3.05) is 0 Å². The number of hydrogen-bond acceptors (Lipinski definition) is 2. The number of benzene rings is 1. The fourth-order valence-electron chi connectivity index (χ4n) is 1.92. The normalized spacial score (nSPS) is 17.4. The molecule has 0 radical (unpaired) electrons. The van der Waals surface area contributed by atoms with Gasteiger partial charge < -0.3 is 10.4 Å². The van der Waals surface area contributed by atoms with Crippen LogP contribution in [-0.4, -0.2) is 11.1 Å². The lowest BCUT2D eigenvalue weighted by atomic mass is 10.1. The van der Waals surface area contributed by atoms with E-state index in [-0.39, 0.29) is 0 Å². The van der Waals surface area contributed by atoms with Crippen LogP contribution in [0.1, 0.15) is 31.7 Å². The van der Waals surface area contributed by atoms with Gasteiger partial charge in [0.2, 0.25) is 0 Å². The van der Waals surface area contributed by atoms with Crippen molar-refractivity contribution in [2.24, 2.45) is 5.92 Å². The molecule has 1 aliphatic carbocycles. The van der Waals surface area contributed by atoms with Gasteiger partial charge in [0.1, 0.15) is 5.75 Å². The highest BCUT2D eigenvalue weighted by Gasteiger charge is 2.23. The van der Waals surface area contributed by atoms with E-state index in [1.165, 1.54) is 19.3 Å². The summed E-state index contributed by atoms with van der Waals surface area (Å²) in [5.41, 5.74) is 0.956. The Morgan fingerprint density at radius 1 is 1.50 bits per heavy atom. The Hall–Kier alpha value is -0.540. The van der Waals surface area contributed by atoms with Crippen molar-refractivity contribution < 1.29 is 5.11 Å². The predicted molar refractivity (Wildman–Crippen MR) is 69.4 cm³/mol. The molecule has 3 heteroatoms. The summed E-state index contributed by atoms with van der Waals surface area (Å²) in [5.74, 6) is 1.30. The van der Waals surface area contributed by atoms with Gasteiger partial charge in [-0.1, -0.05) is 25.0 Å². The van der Waals surface area contributed by atoms with Gasteiger partial charge in [0.05, 0.1) is 4.47 Å². The summed E-state index contributed by atoms with van der Waals surface area (Å²) in [5, 5.41) is 13.3. The minimum Gasteiger partial charge on any atom is -0.506 e. The fourth-order valence-corrected chi connectivity index (χ4v) is 2.33. The number of rotatable bonds is 5. The Kier molecular flexibility index (Phi) is 3.87. The molecule has 1 aromatic carbocycles. The van der Waals surface area contributed by atoms with Gasteiger partial charge in [-0.05, 0) is 41.3 Å². The molecule has 16 heavy (non-hydrogen) atoms. The molecule has 0 spiro atoms. The first-order valence-corrected chi connectivity index (χ1v) is 6.66. The quantitative estimate of drug-likeness (QED) is 0.868. The molecule has 0 aromatic heterocycles. The molecule has 1 atom stereocenters. The zero-order chi connectivity index (χ0) is 11.5. The van der Waals surface area contributed by atoms with Gasteiger partial charge >= 0.3 is 0 Å². The van der Waals surface area contributed by atoms with Crippen LogP contribution < -0.4 is 5.32 Å². The summed E-state index contributed by atoms with van der Waals surface area (Å²) in [4.78, 5) is 0. The van der Waals surface area contributed by atoms with Gasteiger partial charge in [-0.3, -0.25) is 0 Å². The Bertz CT molecular complexity index is 363. The van der Waals surface area contributed by atoms with Gasteiger partial charge in [0.15, 0.2) is 0 Å². The van der Waals surface area contributed by atoms with Crippen molar-refractivity contribution in [3.8, 4) is 5.75 Å². The maximum atomic E-state index is 9.82. The highest BCUT2D eigenvalue weighted by atomic mass is 79.9. The van der Waals surface area contributed by atoms with E-state index in [4.69, 9.17) is 0 Å². The number of phenols is 1. The van der Waals surface area contributed by atoms with E-state index in [0.717, 1.165) is 22.5 Å². The molecule has 1 saturated carbocycles. The van der Waals surface area contributed by atoms with Crippen molar-refractivity contribution in [1.29, 1.82) is 0 Å². The van der Waals surface area contributed by atoms with E-state index < -0.39 is 0 Å². The molecular weight excluding hydrogens is 266 g/mol. The van der Waals surface area contributed by atoms with E-state index in [0.29, 0.717) is 11.8 Å². The van der Waals surface area contributed by atoms with Crippen LogP contribution in [0.4, 0.5) is 0 Å². The number of aromatic hydroxyl groups is 1. The standard InChI is InChI=1S/C13H18BrNO/c1-9(7-10-5-6-10)15-8-11-3-2-4-12(14)13(11)16/h2-4,9-10,15-16H,5-8H2,1H3.